The average Bonchev–Trinajstić information content (AvgIpc) is 2.22. The summed E-state index contributed by atoms with van der Waals surface area (Å²) < 4.78 is 129. The van der Waals surface area contributed by atoms with Crippen molar-refractivity contribution in [2.24, 2.45) is 5.92 Å². The van der Waals surface area contributed by atoms with Gasteiger partial charge < -0.3 is 14.6 Å². The van der Waals surface area contributed by atoms with E-state index >= 15 is 0 Å². The van der Waals surface area contributed by atoms with E-state index in [-0.39, 0.29) is 0 Å². The molecule has 1 N–H and O–H groups in total. The van der Waals surface area contributed by atoms with Crippen LogP contribution in [-0.2, 0) is 9.47 Å². The third kappa shape index (κ3) is 12.3. The number of hydrogen-bond donors (Lipinski definition) is 1. The second kappa shape index (κ2) is 7.83. The van der Waals surface area contributed by atoms with Crippen LogP contribution in [0.2, 0.25) is 0 Å². The molecule has 0 atom stereocenters. The van der Waals surface area contributed by atoms with E-state index in [4.69, 9.17) is 5.11 Å². The van der Waals surface area contributed by atoms with Gasteiger partial charge in [-0.25, -0.2) is 0 Å². The van der Waals surface area contributed by atoms with Crippen LogP contribution in [0.3, 0.4) is 0 Å². The Hall–Kier alpha value is -0.820. The van der Waals surface area contributed by atoms with Crippen molar-refractivity contribution < 1.29 is 58.5 Å². The van der Waals surface area contributed by atoms with Crippen LogP contribution in [0.15, 0.2) is 0 Å². The monoisotopic (exact) mass is 370 g/mol. The SMILES string of the molecule is OCC(COC(F)(F)CC(F)(F)F)COC(F)(F)CC(F)(F)F. The number of ether oxygens (including phenoxy) is 2. The number of halogens is 10. The van der Waals surface area contributed by atoms with Gasteiger partial charge in [0.25, 0.3) is 0 Å². The molecule has 0 heterocycles. The van der Waals surface area contributed by atoms with Crippen molar-refractivity contribution in [2.75, 3.05) is 19.8 Å². The van der Waals surface area contributed by atoms with Crippen molar-refractivity contribution in [2.45, 2.75) is 37.4 Å². The summed E-state index contributed by atoms with van der Waals surface area (Å²) in [6.45, 7) is -3.80. The van der Waals surface area contributed by atoms with Crippen LogP contribution < -0.4 is 0 Å². The molecule has 0 aromatic rings. The topological polar surface area (TPSA) is 38.7 Å². The van der Waals surface area contributed by atoms with E-state index in [0.29, 0.717) is 0 Å². The maximum Gasteiger partial charge on any atom is 0.397 e. The molecule has 3 nitrogen and oxygen atoms in total. The maximum absolute atomic E-state index is 12.8. The van der Waals surface area contributed by atoms with Gasteiger partial charge in [0.2, 0.25) is 0 Å². The van der Waals surface area contributed by atoms with E-state index < -0.39 is 63.1 Å². The van der Waals surface area contributed by atoms with E-state index in [2.05, 4.69) is 9.47 Å². The summed E-state index contributed by atoms with van der Waals surface area (Å²) in [4.78, 5) is 0. The minimum absolute atomic E-state index is 1.13. The average molecular weight is 370 g/mol. The van der Waals surface area contributed by atoms with Gasteiger partial charge in [0.1, 0.15) is 12.8 Å². The minimum Gasteiger partial charge on any atom is -0.396 e. The Labute approximate surface area is 123 Å². The molecule has 0 aromatic heterocycles. The van der Waals surface area contributed by atoms with Crippen LogP contribution in [0, 0.1) is 5.92 Å². The van der Waals surface area contributed by atoms with Crippen molar-refractivity contribution >= 4 is 0 Å². The van der Waals surface area contributed by atoms with E-state index in [1.54, 1.807) is 0 Å². The van der Waals surface area contributed by atoms with Crippen molar-refractivity contribution in [3.05, 3.63) is 0 Å². The lowest BCUT2D eigenvalue weighted by Gasteiger charge is -2.24. The molecule has 0 unspecified atom stereocenters. The molecular weight excluding hydrogens is 358 g/mol. The van der Waals surface area contributed by atoms with Crippen LogP contribution in [0.4, 0.5) is 43.9 Å². The summed E-state index contributed by atoms with van der Waals surface area (Å²) in [6.07, 6.45) is -25.2. The molecule has 0 aliphatic carbocycles. The maximum atomic E-state index is 12.8. The summed E-state index contributed by atoms with van der Waals surface area (Å²) in [7, 11) is 0. The molecule has 0 amide bonds. The fourth-order valence-corrected chi connectivity index (χ4v) is 1.20. The van der Waals surface area contributed by atoms with E-state index in [1.165, 1.54) is 0 Å². The summed E-state index contributed by atoms with van der Waals surface area (Å²) in [5, 5.41) is 8.69. The zero-order valence-electron chi connectivity index (χ0n) is 11.2. The molecule has 0 radical (unpaired) electrons. The van der Waals surface area contributed by atoms with Gasteiger partial charge in [-0.1, -0.05) is 0 Å². The quantitative estimate of drug-likeness (QED) is 0.629. The third-order valence-electron chi connectivity index (χ3n) is 2.13. The summed E-state index contributed by atoms with van der Waals surface area (Å²) in [5.74, 6) is -1.67. The Morgan fingerprint density at radius 2 is 0.957 bits per heavy atom. The molecule has 23 heavy (non-hydrogen) atoms. The van der Waals surface area contributed by atoms with Gasteiger partial charge in [-0.05, 0) is 0 Å². The Balaban J connectivity index is 4.41. The first-order valence-corrected chi connectivity index (χ1v) is 5.83. The number of aliphatic hydroxyl groups excluding tert-OH is 1. The standard InChI is InChI=1S/C10H12F10O3/c11-7(12,13)4-9(17,18)22-2-6(1-21)3-23-10(19,20)5-8(14,15)16/h6,21H,1-5H2. The van der Waals surface area contributed by atoms with Crippen LogP contribution in [0.1, 0.15) is 12.8 Å². The Bertz CT molecular complexity index is 320. The Kier molecular flexibility index (Phi) is 7.56. The van der Waals surface area contributed by atoms with Gasteiger partial charge >= 0.3 is 24.6 Å². The predicted octanol–water partition coefficient (Wildman–Crippen LogP) is 3.72. The van der Waals surface area contributed by atoms with Crippen molar-refractivity contribution in [1.29, 1.82) is 0 Å². The van der Waals surface area contributed by atoms with Gasteiger partial charge in [-0.3, -0.25) is 0 Å². The first-order chi connectivity index (χ1) is 10.1. The molecular formula is C10H12F10O3. The lowest BCUT2D eigenvalue weighted by Crippen LogP contribution is -2.35. The van der Waals surface area contributed by atoms with E-state index in [0.717, 1.165) is 0 Å². The smallest absolute Gasteiger partial charge is 0.396 e. The summed E-state index contributed by atoms with van der Waals surface area (Å²) in [5.41, 5.74) is 0. The Morgan fingerprint density at radius 3 is 1.17 bits per heavy atom. The second-order valence-electron chi connectivity index (χ2n) is 4.53. The van der Waals surface area contributed by atoms with Crippen molar-refractivity contribution in [3.8, 4) is 0 Å². The molecule has 0 bridgehead atoms. The van der Waals surface area contributed by atoms with Crippen LogP contribution in [0.25, 0.3) is 0 Å². The predicted molar refractivity (Wildman–Crippen MR) is 53.7 cm³/mol. The zero-order chi connectivity index (χ0) is 18.5. The van der Waals surface area contributed by atoms with E-state index in [1.807, 2.05) is 0 Å². The first-order valence-electron chi connectivity index (χ1n) is 5.83. The molecule has 0 saturated heterocycles. The summed E-state index contributed by atoms with van der Waals surface area (Å²) >= 11 is 0. The molecule has 13 heteroatoms. The van der Waals surface area contributed by atoms with Crippen molar-refractivity contribution in [3.63, 3.8) is 0 Å². The normalized spacial score (nSPS) is 14.6. The number of rotatable bonds is 9. The number of hydrogen-bond acceptors (Lipinski definition) is 3. The molecule has 0 fully saturated rings. The van der Waals surface area contributed by atoms with Gasteiger partial charge in [0.15, 0.2) is 0 Å². The van der Waals surface area contributed by atoms with Crippen LogP contribution in [-0.4, -0.2) is 49.5 Å². The molecule has 0 aromatic carbocycles. The number of aliphatic hydroxyl groups is 1. The minimum atomic E-state index is -5.27. The highest BCUT2D eigenvalue weighted by Gasteiger charge is 2.46. The third-order valence-corrected chi connectivity index (χ3v) is 2.13. The van der Waals surface area contributed by atoms with Crippen LogP contribution >= 0.6 is 0 Å². The van der Waals surface area contributed by atoms with E-state index in [9.17, 15) is 43.9 Å². The van der Waals surface area contributed by atoms with Gasteiger partial charge in [0, 0.05) is 5.92 Å². The second-order valence-corrected chi connectivity index (χ2v) is 4.53. The largest absolute Gasteiger partial charge is 0.397 e. The molecule has 0 rings (SSSR count). The molecule has 0 saturated carbocycles. The van der Waals surface area contributed by atoms with Gasteiger partial charge in [-0.15, -0.1) is 0 Å². The molecule has 0 spiro atoms. The lowest BCUT2D eigenvalue weighted by molar-refractivity contribution is -0.309. The first kappa shape index (κ1) is 22.2. The highest BCUT2D eigenvalue weighted by Crippen LogP contribution is 2.34. The van der Waals surface area contributed by atoms with Gasteiger partial charge in [-0.2, -0.15) is 43.9 Å². The highest BCUT2D eigenvalue weighted by molar-refractivity contribution is 4.65. The molecule has 140 valence electrons. The van der Waals surface area contributed by atoms with Crippen molar-refractivity contribution in [1.82, 2.24) is 0 Å². The zero-order valence-corrected chi connectivity index (χ0v) is 11.2. The highest BCUT2D eigenvalue weighted by atomic mass is 19.4. The lowest BCUT2D eigenvalue weighted by atomic mass is 10.2. The van der Waals surface area contributed by atoms with Gasteiger partial charge in [0.05, 0.1) is 19.8 Å². The fraction of sp³-hybridized carbons (Fsp3) is 1.00. The molecule has 0 aliphatic rings. The van der Waals surface area contributed by atoms with Crippen LogP contribution in [0.5, 0.6) is 0 Å². The summed E-state index contributed by atoms with van der Waals surface area (Å²) in [6, 6.07) is 0. The molecule has 0 aliphatic heterocycles. The number of alkyl halides is 10. The Morgan fingerprint density at radius 1 is 0.652 bits per heavy atom. The fourth-order valence-electron chi connectivity index (χ4n) is 1.20.